The molecule has 7 heteroatoms. The van der Waals surface area contributed by atoms with Crippen molar-refractivity contribution in [1.29, 1.82) is 0 Å². The van der Waals surface area contributed by atoms with Crippen molar-refractivity contribution in [3.05, 3.63) is 50.5 Å². The maximum Gasteiger partial charge on any atom is 0.263 e. The molecule has 1 atom stereocenters. The monoisotopic (exact) mass is 377 g/mol. The number of aryl methyl sites for hydroxylation is 1. The summed E-state index contributed by atoms with van der Waals surface area (Å²) in [6.45, 7) is 2.47. The molecule has 4 nitrogen and oxygen atoms in total. The van der Waals surface area contributed by atoms with E-state index in [2.05, 4.69) is 32.0 Å². The van der Waals surface area contributed by atoms with Gasteiger partial charge in [0.05, 0.1) is 16.6 Å². The van der Waals surface area contributed by atoms with Gasteiger partial charge in [-0.15, -0.1) is 22.7 Å². The van der Waals surface area contributed by atoms with E-state index in [1.165, 1.54) is 16.9 Å². The molecule has 0 radical (unpaired) electrons. The largest absolute Gasteiger partial charge is 0.349 e. The SMILES string of the molecule is Cc1nc(-c2cccs2)sc1C(=O)NC[C@H](c1ccsc1)N(C)C. The lowest BCUT2D eigenvalue weighted by Crippen LogP contribution is -2.34. The average Bonchev–Trinajstić information content (AvgIpc) is 3.28. The predicted octanol–water partition coefficient (Wildman–Crippen LogP) is 4.27. The molecule has 0 saturated heterocycles. The van der Waals surface area contributed by atoms with Crippen molar-refractivity contribution in [2.24, 2.45) is 0 Å². The Labute approximate surface area is 153 Å². The van der Waals surface area contributed by atoms with Crippen LogP contribution in [0.2, 0.25) is 0 Å². The minimum atomic E-state index is -0.0464. The highest BCUT2D eigenvalue weighted by molar-refractivity contribution is 7.22. The maximum atomic E-state index is 12.6. The van der Waals surface area contributed by atoms with E-state index in [1.54, 1.807) is 22.7 Å². The molecule has 1 N–H and O–H groups in total. The lowest BCUT2D eigenvalue weighted by atomic mass is 10.1. The van der Waals surface area contributed by atoms with Gasteiger partial charge in [0.15, 0.2) is 0 Å². The van der Waals surface area contributed by atoms with E-state index in [1.807, 2.05) is 38.5 Å². The first-order valence-corrected chi connectivity index (χ1v) is 10.2. The molecular weight excluding hydrogens is 358 g/mol. The van der Waals surface area contributed by atoms with Crippen molar-refractivity contribution in [1.82, 2.24) is 15.2 Å². The van der Waals surface area contributed by atoms with Gasteiger partial charge in [-0.05, 0) is 54.9 Å². The maximum absolute atomic E-state index is 12.6. The fourth-order valence-corrected chi connectivity index (χ4v) is 4.93. The molecule has 3 aromatic heterocycles. The Morgan fingerprint density at radius 1 is 1.33 bits per heavy atom. The fourth-order valence-electron chi connectivity index (χ4n) is 2.45. The van der Waals surface area contributed by atoms with Crippen LogP contribution >= 0.6 is 34.0 Å². The zero-order valence-electron chi connectivity index (χ0n) is 13.8. The Hall–Kier alpha value is -1.54. The molecule has 0 aliphatic heterocycles. The Morgan fingerprint density at radius 3 is 2.79 bits per heavy atom. The highest BCUT2D eigenvalue weighted by Gasteiger charge is 2.20. The van der Waals surface area contributed by atoms with E-state index in [4.69, 9.17) is 0 Å². The molecule has 0 aromatic carbocycles. The number of aromatic nitrogens is 1. The van der Waals surface area contributed by atoms with Crippen LogP contribution in [0.5, 0.6) is 0 Å². The summed E-state index contributed by atoms with van der Waals surface area (Å²) in [5.74, 6) is -0.0464. The van der Waals surface area contributed by atoms with E-state index < -0.39 is 0 Å². The van der Waals surface area contributed by atoms with Crippen LogP contribution < -0.4 is 5.32 Å². The van der Waals surface area contributed by atoms with Gasteiger partial charge in [0.25, 0.3) is 5.91 Å². The second-order valence-electron chi connectivity index (χ2n) is 5.66. The van der Waals surface area contributed by atoms with Crippen LogP contribution in [0.1, 0.15) is 27.0 Å². The van der Waals surface area contributed by atoms with Crippen LogP contribution in [0, 0.1) is 6.92 Å². The highest BCUT2D eigenvalue weighted by atomic mass is 32.1. The number of amides is 1. The number of likely N-dealkylation sites (N-methyl/N-ethyl adjacent to an activating group) is 1. The van der Waals surface area contributed by atoms with Gasteiger partial charge in [-0.25, -0.2) is 4.98 Å². The smallest absolute Gasteiger partial charge is 0.263 e. The quantitative estimate of drug-likeness (QED) is 0.697. The van der Waals surface area contributed by atoms with Crippen molar-refractivity contribution in [2.75, 3.05) is 20.6 Å². The van der Waals surface area contributed by atoms with E-state index in [-0.39, 0.29) is 11.9 Å². The first-order chi connectivity index (χ1) is 11.6. The number of nitrogens with one attached hydrogen (secondary N) is 1. The van der Waals surface area contributed by atoms with Gasteiger partial charge in [0.2, 0.25) is 0 Å². The second kappa shape index (κ2) is 7.57. The summed E-state index contributed by atoms with van der Waals surface area (Å²) in [4.78, 5) is 21.1. The van der Waals surface area contributed by atoms with Crippen LogP contribution in [-0.2, 0) is 0 Å². The minimum Gasteiger partial charge on any atom is -0.349 e. The summed E-state index contributed by atoms with van der Waals surface area (Å²) >= 11 is 4.77. The van der Waals surface area contributed by atoms with Crippen LogP contribution in [0.3, 0.4) is 0 Å². The van der Waals surface area contributed by atoms with Gasteiger partial charge in [-0.3, -0.25) is 4.79 Å². The number of carbonyl (C=O) groups is 1. The number of rotatable bonds is 6. The highest BCUT2D eigenvalue weighted by Crippen LogP contribution is 2.31. The zero-order chi connectivity index (χ0) is 17.1. The van der Waals surface area contributed by atoms with Gasteiger partial charge in [-0.2, -0.15) is 11.3 Å². The average molecular weight is 378 g/mol. The summed E-state index contributed by atoms with van der Waals surface area (Å²) in [5.41, 5.74) is 2.02. The molecule has 0 fully saturated rings. The standard InChI is InChI=1S/C17H19N3OS3/c1-11-15(24-17(19-11)14-5-4-7-23-14)16(21)18-9-13(20(2)3)12-6-8-22-10-12/h4-8,10,13H,9H2,1-3H3,(H,18,21)/t13-/m1/s1. The Balaban J connectivity index is 1.71. The van der Waals surface area contributed by atoms with Gasteiger partial charge < -0.3 is 10.2 Å². The molecule has 0 bridgehead atoms. The molecule has 0 aliphatic rings. The van der Waals surface area contributed by atoms with Crippen molar-refractivity contribution in [2.45, 2.75) is 13.0 Å². The molecule has 126 valence electrons. The first-order valence-electron chi connectivity index (χ1n) is 7.54. The first kappa shape index (κ1) is 17.3. The van der Waals surface area contributed by atoms with Crippen molar-refractivity contribution in [3.8, 4) is 9.88 Å². The number of nitrogens with zero attached hydrogens (tertiary/aromatic N) is 2. The fraction of sp³-hybridized carbons (Fsp3) is 0.294. The molecule has 3 rings (SSSR count). The third-order valence-corrected chi connectivity index (χ3v) is 6.64. The Kier molecular flexibility index (Phi) is 5.45. The van der Waals surface area contributed by atoms with Crippen molar-refractivity contribution >= 4 is 39.9 Å². The summed E-state index contributed by atoms with van der Waals surface area (Å²) in [7, 11) is 4.06. The third kappa shape index (κ3) is 3.75. The van der Waals surface area contributed by atoms with Gasteiger partial charge in [-0.1, -0.05) is 6.07 Å². The number of carbonyl (C=O) groups excluding carboxylic acids is 1. The molecule has 0 aliphatic carbocycles. The lowest BCUT2D eigenvalue weighted by molar-refractivity contribution is 0.0945. The van der Waals surface area contributed by atoms with Gasteiger partial charge in [0.1, 0.15) is 9.88 Å². The van der Waals surface area contributed by atoms with Gasteiger partial charge >= 0.3 is 0 Å². The molecule has 0 spiro atoms. The lowest BCUT2D eigenvalue weighted by Gasteiger charge is -2.23. The van der Waals surface area contributed by atoms with E-state index in [0.717, 1.165) is 15.6 Å². The molecular formula is C17H19N3OS3. The normalized spacial score (nSPS) is 12.5. The van der Waals surface area contributed by atoms with Crippen LogP contribution in [0.25, 0.3) is 9.88 Å². The van der Waals surface area contributed by atoms with E-state index in [0.29, 0.717) is 11.4 Å². The Bertz CT molecular complexity index is 791. The molecule has 3 aromatic rings. The molecule has 1 amide bonds. The van der Waals surface area contributed by atoms with Crippen LogP contribution in [0.15, 0.2) is 34.3 Å². The number of thiophene rings is 2. The van der Waals surface area contributed by atoms with Crippen LogP contribution in [0.4, 0.5) is 0 Å². The molecule has 0 unspecified atom stereocenters. The van der Waals surface area contributed by atoms with Crippen LogP contribution in [-0.4, -0.2) is 36.4 Å². The number of hydrogen-bond donors (Lipinski definition) is 1. The van der Waals surface area contributed by atoms with Gasteiger partial charge in [0, 0.05) is 6.54 Å². The summed E-state index contributed by atoms with van der Waals surface area (Å²) in [6, 6.07) is 6.31. The number of hydrogen-bond acceptors (Lipinski definition) is 6. The Morgan fingerprint density at radius 2 is 2.17 bits per heavy atom. The second-order valence-corrected chi connectivity index (χ2v) is 8.38. The van der Waals surface area contributed by atoms with E-state index in [9.17, 15) is 4.79 Å². The third-order valence-electron chi connectivity index (χ3n) is 3.74. The number of thiazole rings is 1. The van der Waals surface area contributed by atoms with Crippen molar-refractivity contribution < 1.29 is 4.79 Å². The summed E-state index contributed by atoms with van der Waals surface area (Å²) < 4.78 is 0. The van der Waals surface area contributed by atoms with E-state index >= 15 is 0 Å². The minimum absolute atomic E-state index is 0.0464. The summed E-state index contributed by atoms with van der Waals surface area (Å²) in [6.07, 6.45) is 0. The summed E-state index contributed by atoms with van der Waals surface area (Å²) in [5, 5.41) is 10.2. The molecule has 24 heavy (non-hydrogen) atoms. The topological polar surface area (TPSA) is 45.2 Å². The molecule has 3 heterocycles. The predicted molar refractivity (Wildman–Crippen MR) is 103 cm³/mol. The van der Waals surface area contributed by atoms with Crippen molar-refractivity contribution in [3.63, 3.8) is 0 Å². The zero-order valence-corrected chi connectivity index (χ0v) is 16.2. The molecule has 0 saturated carbocycles.